The number of sulfone groups is 1. The van der Waals surface area contributed by atoms with Gasteiger partial charge in [-0.2, -0.15) is 0 Å². The Hall–Kier alpha value is -0.420. The van der Waals surface area contributed by atoms with Gasteiger partial charge < -0.3 is 5.11 Å². The molecule has 0 amide bonds. The van der Waals surface area contributed by atoms with Crippen LogP contribution in [0.15, 0.2) is 0 Å². The first-order chi connectivity index (χ1) is 6.93. The van der Waals surface area contributed by atoms with Gasteiger partial charge in [0.1, 0.15) is 15.9 Å². The third kappa shape index (κ3) is 6.62. The molecule has 0 aromatic carbocycles. The lowest BCUT2D eigenvalue weighted by molar-refractivity contribution is -0.127. The first-order valence-corrected chi connectivity index (χ1v) is 7.16. The smallest absolute Gasteiger partial charge is 0.161 e. The van der Waals surface area contributed by atoms with Gasteiger partial charge in [0.05, 0.1) is 5.75 Å². The van der Waals surface area contributed by atoms with Gasteiger partial charge in [-0.15, -0.1) is 0 Å². The highest BCUT2D eigenvalue weighted by atomic mass is 32.2. The molecular formula is C10H20O4S. The van der Waals surface area contributed by atoms with Gasteiger partial charge in [0, 0.05) is 12.2 Å². The number of Topliss-reactive ketones (excluding diaryl/α,β-unsaturated/α-hetero) is 1. The van der Waals surface area contributed by atoms with E-state index in [0.29, 0.717) is 12.8 Å². The quantitative estimate of drug-likeness (QED) is 0.680. The van der Waals surface area contributed by atoms with E-state index in [1.807, 2.05) is 6.92 Å². The summed E-state index contributed by atoms with van der Waals surface area (Å²) >= 11 is 0. The second-order valence-electron chi connectivity index (χ2n) is 3.61. The van der Waals surface area contributed by atoms with Crippen LogP contribution in [-0.4, -0.2) is 36.9 Å². The largest absolute Gasteiger partial charge is 0.385 e. The van der Waals surface area contributed by atoms with E-state index in [2.05, 4.69) is 0 Å². The Morgan fingerprint density at radius 3 is 2.40 bits per heavy atom. The fourth-order valence-corrected chi connectivity index (χ4v) is 2.08. The van der Waals surface area contributed by atoms with Gasteiger partial charge in [-0.1, -0.05) is 20.3 Å². The average Bonchev–Trinajstić information content (AvgIpc) is 2.18. The van der Waals surface area contributed by atoms with Crippen LogP contribution in [0, 0.1) is 0 Å². The molecule has 0 heterocycles. The Labute approximate surface area is 91.6 Å². The van der Waals surface area contributed by atoms with Crippen LogP contribution in [0.1, 0.15) is 39.5 Å². The molecule has 0 aliphatic heterocycles. The Bertz CT molecular complexity index is 282. The van der Waals surface area contributed by atoms with Crippen LogP contribution in [0.2, 0.25) is 0 Å². The van der Waals surface area contributed by atoms with Gasteiger partial charge in [-0.05, 0) is 12.8 Å². The van der Waals surface area contributed by atoms with Crippen molar-refractivity contribution in [2.24, 2.45) is 0 Å². The number of carbonyl (C=O) groups is 1. The van der Waals surface area contributed by atoms with E-state index in [-0.39, 0.29) is 23.7 Å². The average molecular weight is 236 g/mol. The fraction of sp³-hybridized carbons (Fsp3) is 0.900. The highest BCUT2D eigenvalue weighted by molar-refractivity contribution is 7.91. The second-order valence-corrected chi connectivity index (χ2v) is 6.08. The molecule has 0 aliphatic rings. The van der Waals surface area contributed by atoms with Gasteiger partial charge in [-0.25, -0.2) is 8.42 Å². The van der Waals surface area contributed by atoms with Gasteiger partial charge in [0.15, 0.2) is 5.78 Å². The molecule has 15 heavy (non-hydrogen) atoms. The van der Waals surface area contributed by atoms with Crippen molar-refractivity contribution in [1.82, 2.24) is 0 Å². The van der Waals surface area contributed by atoms with Crippen molar-refractivity contribution in [1.29, 1.82) is 0 Å². The van der Waals surface area contributed by atoms with E-state index in [9.17, 15) is 18.3 Å². The Kier molecular flexibility index (Phi) is 6.76. The zero-order valence-corrected chi connectivity index (χ0v) is 10.2. The predicted molar refractivity (Wildman–Crippen MR) is 59.5 cm³/mol. The van der Waals surface area contributed by atoms with Gasteiger partial charge in [0.2, 0.25) is 0 Å². The predicted octanol–water partition coefficient (Wildman–Crippen LogP) is 0.931. The van der Waals surface area contributed by atoms with Crippen molar-refractivity contribution >= 4 is 15.6 Å². The zero-order valence-electron chi connectivity index (χ0n) is 9.40. The molecular weight excluding hydrogens is 216 g/mol. The van der Waals surface area contributed by atoms with E-state index < -0.39 is 15.9 Å². The number of hydrogen-bond donors (Lipinski definition) is 1. The molecule has 90 valence electrons. The molecule has 5 heteroatoms. The van der Waals surface area contributed by atoms with Crippen LogP contribution in [0.5, 0.6) is 0 Å². The maximum absolute atomic E-state index is 11.3. The van der Waals surface area contributed by atoms with Crippen LogP contribution < -0.4 is 0 Å². The zero-order chi connectivity index (χ0) is 11.9. The molecule has 4 nitrogen and oxygen atoms in total. The Morgan fingerprint density at radius 1 is 1.33 bits per heavy atom. The summed E-state index contributed by atoms with van der Waals surface area (Å²) in [5.74, 6) is -0.101. The molecule has 0 aromatic rings. The lowest BCUT2D eigenvalue weighted by Crippen LogP contribution is -2.21. The van der Waals surface area contributed by atoms with Crippen LogP contribution >= 0.6 is 0 Å². The molecule has 0 radical (unpaired) electrons. The molecule has 0 aromatic heterocycles. The maximum Gasteiger partial charge on any atom is 0.161 e. The molecule has 1 atom stereocenters. The SMILES string of the molecule is CCCC(O)C(=O)CCCS(=O)(=O)CC. The highest BCUT2D eigenvalue weighted by Crippen LogP contribution is 2.04. The van der Waals surface area contributed by atoms with Crippen LogP contribution in [0.25, 0.3) is 0 Å². The highest BCUT2D eigenvalue weighted by Gasteiger charge is 2.15. The fourth-order valence-electron chi connectivity index (χ4n) is 1.21. The third-order valence-electron chi connectivity index (χ3n) is 2.25. The monoisotopic (exact) mass is 236 g/mol. The second kappa shape index (κ2) is 6.95. The normalized spacial score (nSPS) is 13.8. The number of carbonyl (C=O) groups excluding carboxylic acids is 1. The number of aliphatic hydroxyl groups is 1. The number of aliphatic hydroxyl groups excluding tert-OH is 1. The van der Waals surface area contributed by atoms with Crippen molar-refractivity contribution < 1.29 is 18.3 Å². The summed E-state index contributed by atoms with van der Waals surface area (Å²) in [6, 6.07) is 0. The summed E-state index contributed by atoms with van der Waals surface area (Å²) in [4.78, 5) is 11.3. The van der Waals surface area contributed by atoms with Crippen LogP contribution in [0.4, 0.5) is 0 Å². The molecule has 0 saturated heterocycles. The Morgan fingerprint density at radius 2 is 1.93 bits per heavy atom. The van der Waals surface area contributed by atoms with Gasteiger partial charge >= 0.3 is 0 Å². The van der Waals surface area contributed by atoms with Crippen molar-refractivity contribution in [2.75, 3.05) is 11.5 Å². The Balaban J connectivity index is 3.82. The van der Waals surface area contributed by atoms with Crippen molar-refractivity contribution in [2.45, 2.75) is 45.6 Å². The summed E-state index contributed by atoms with van der Waals surface area (Å²) in [6.07, 6.45) is 0.759. The summed E-state index contributed by atoms with van der Waals surface area (Å²) in [5.41, 5.74) is 0. The van der Waals surface area contributed by atoms with Crippen molar-refractivity contribution in [3.8, 4) is 0 Å². The van der Waals surface area contributed by atoms with E-state index >= 15 is 0 Å². The standard InChI is InChI=1S/C10H20O4S/c1-3-6-9(11)10(12)7-5-8-15(13,14)4-2/h9,11H,3-8H2,1-2H3. The summed E-state index contributed by atoms with van der Waals surface area (Å²) < 4.78 is 22.2. The minimum Gasteiger partial charge on any atom is -0.385 e. The lowest BCUT2D eigenvalue weighted by atomic mass is 10.1. The first-order valence-electron chi connectivity index (χ1n) is 5.34. The maximum atomic E-state index is 11.3. The molecule has 0 saturated carbocycles. The minimum absolute atomic E-state index is 0.0358. The van der Waals surface area contributed by atoms with E-state index in [1.165, 1.54) is 0 Å². The molecule has 0 spiro atoms. The number of rotatable bonds is 8. The topological polar surface area (TPSA) is 71.4 Å². The molecule has 0 rings (SSSR count). The van der Waals surface area contributed by atoms with E-state index in [1.54, 1.807) is 6.92 Å². The lowest BCUT2D eigenvalue weighted by Gasteiger charge is -2.07. The third-order valence-corrected chi connectivity index (χ3v) is 4.04. The summed E-state index contributed by atoms with van der Waals surface area (Å²) in [7, 11) is -2.99. The summed E-state index contributed by atoms with van der Waals surface area (Å²) in [5, 5.41) is 9.31. The van der Waals surface area contributed by atoms with E-state index in [4.69, 9.17) is 0 Å². The molecule has 0 fully saturated rings. The number of hydrogen-bond acceptors (Lipinski definition) is 4. The number of ketones is 1. The van der Waals surface area contributed by atoms with Crippen LogP contribution in [-0.2, 0) is 14.6 Å². The minimum atomic E-state index is -2.99. The molecule has 1 unspecified atom stereocenters. The summed E-state index contributed by atoms with van der Waals surface area (Å²) in [6.45, 7) is 3.47. The van der Waals surface area contributed by atoms with Crippen molar-refractivity contribution in [3.05, 3.63) is 0 Å². The van der Waals surface area contributed by atoms with E-state index in [0.717, 1.165) is 6.42 Å². The van der Waals surface area contributed by atoms with Crippen molar-refractivity contribution in [3.63, 3.8) is 0 Å². The first kappa shape index (κ1) is 14.6. The van der Waals surface area contributed by atoms with Gasteiger partial charge in [-0.3, -0.25) is 4.79 Å². The molecule has 0 bridgehead atoms. The van der Waals surface area contributed by atoms with Crippen LogP contribution in [0.3, 0.4) is 0 Å². The molecule has 0 aliphatic carbocycles. The molecule has 1 N–H and O–H groups in total. The van der Waals surface area contributed by atoms with Gasteiger partial charge in [0.25, 0.3) is 0 Å².